The Labute approximate surface area is 218 Å². The van der Waals surface area contributed by atoms with E-state index >= 15 is 0 Å². The first-order chi connectivity index (χ1) is 18.1. The fourth-order valence-corrected chi connectivity index (χ4v) is 5.18. The molecule has 2 saturated carbocycles. The van der Waals surface area contributed by atoms with E-state index in [2.05, 4.69) is 47.7 Å². The van der Waals surface area contributed by atoms with Crippen molar-refractivity contribution in [2.75, 3.05) is 23.7 Å². The molecule has 0 radical (unpaired) electrons. The maximum absolute atomic E-state index is 5.84. The monoisotopic (exact) mass is 493 g/mol. The van der Waals surface area contributed by atoms with Gasteiger partial charge < -0.3 is 16.4 Å². The molecule has 37 heavy (non-hydrogen) atoms. The molecule has 190 valence electrons. The first kappa shape index (κ1) is 23.8. The molecule has 4 aromatic rings. The summed E-state index contributed by atoms with van der Waals surface area (Å²) in [5.41, 5.74) is 12.9. The first-order valence-electron chi connectivity index (χ1n) is 13.6. The number of fused-ring (bicyclic) bond motifs is 1. The number of hydrogen-bond acceptors (Lipinski definition) is 7. The van der Waals surface area contributed by atoms with Gasteiger partial charge in [0.05, 0.1) is 5.52 Å². The molecule has 2 fully saturated rings. The highest BCUT2D eigenvalue weighted by Gasteiger charge is 2.28. The molecule has 6 rings (SSSR count). The van der Waals surface area contributed by atoms with Gasteiger partial charge in [-0.2, -0.15) is 0 Å². The lowest BCUT2D eigenvalue weighted by atomic mass is 9.80. The van der Waals surface area contributed by atoms with E-state index in [1.807, 2.05) is 18.3 Å². The largest absolute Gasteiger partial charge is 0.368 e. The SMILES string of the molecule is CCc1cc(C2CC2)c2c(NCCN)nc(-c3ccnc(Nc4ncc(C5CCC5)cc4C)c3)nc2c1. The summed E-state index contributed by atoms with van der Waals surface area (Å²) in [6.45, 7) is 5.51. The van der Waals surface area contributed by atoms with E-state index in [4.69, 9.17) is 20.7 Å². The van der Waals surface area contributed by atoms with Crippen molar-refractivity contribution < 1.29 is 0 Å². The van der Waals surface area contributed by atoms with E-state index < -0.39 is 0 Å². The smallest absolute Gasteiger partial charge is 0.162 e. The predicted octanol–water partition coefficient (Wildman–Crippen LogP) is 6.22. The van der Waals surface area contributed by atoms with E-state index in [1.165, 1.54) is 48.8 Å². The second kappa shape index (κ2) is 10.1. The number of nitrogens with one attached hydrogen (secondary N) is 2. The first-order valence-corrected chi connectivity index (χ1v) is 13.6. The van der Waals surface area contributed by atoms with E-state index in [0.717, 1.165) is 45.9 Å². The fraction of sp³-hybridized carbons (Fsp3) is 0.400. The van der Waals surface area contributed by atoms with E-state index in [1.54, 1.807) is 6.20 Å². The second-order valence-electron chi connectivity index (χ2n) is 10.4. The Kier molecular flexibility index (Phi) is 6.47. The van der Waals surface area contributed by atoms with Crippen LogP contribution in [0.1, 0.15) is 73.1 Å². The number of aryl methyl sites for hydroxylation is 2. The van der Waals surface area contributed by atoms with Gasteiger partial charge in [-0.3, -0.25) is 0 Å². The summed E-state index contributed by atoms with van der Waals surface area (Å²) >= 11 is 0. The average molecular weight is 494 g/mol. The van der Waals surface area contributed by atoms with Crippen LogP contribution < -0.4 is 16.4 Å². The third-order valence-electron chi connectivity index (χ3n) is 7.69. The van der Waals surface area contributed by atoms with Crippen molar-refractivity contribution in [2.45, 2.75) is 64.2 Å². The Balaban J connectivity index is 1.36. The van der Waals surface area contributed by atoms with Gasteiger partial charge >= 0.3 is 0 Å². The van der Waals surface area contributed by atoms with Crippen LogP contribution in [0, 0.1) is 6.92 Å². The molecule has 7 heteroatoms. The number of pyridine rings is 2. The summed E-state index contributed by atoms with van der Waals surface area (Å²) < 4.78 is 0. The van der Waals surface area contributed by atoms with Crippen LogP contribution in [0.3, 0.4) is 0 Å². The number of aromatic nitrogens is 4. The van der Waals surface area contributed by atoms with Gasteiger partial charge in [0.15, 0.2) is 5.82 Å². The van der Waals surface area contributed by atoms with Gasteiger partial charge in [0, 0.05) is 36.4 Å². The molecule has 0 bridgehead atoms. The summed E-state index contributed by atoms with van der Waals surface area (Å²) in [5.74, 6) is 4.38. The number of rotatable bonds is 9. The van der Waals surface area contributed by atoms with Crippen molar-refractivity contribution >= 4 is 28.4 Å². The van der Waals surface area contributed by atoms with Gasteiger partial charge in [-0.05, 0) is 91.3 Å². The number of nitrogens with zero attached hydrogens (tertiary/aromatic N) is 4. The van der Waals surface area contributed by atoms with Gasteiger partial charge in [0.1, 0.15) is 17.5 Å². The third-order valence-corrected chi connectivity index (χ3v) is 7.69. The van der Waals surface area contributed by atoms with Crippen molar-refractivity contribution in [3.05, 3.63) is 65.0 Å². The molecule has 0 aliphatic heterocycles. The van der Waals surface area contributed by atoms with Crippen molar-refractivity contribution in [3.63, 3.8) is 0 Å². The molecule has 7 nitrogen and oxygen atoms in total. The van der Waals surface area contributed by atoms with Crippen molar-refractivity contribution in [3.8, 4) is 11.4 Å². The van der Waals surface area contributed by atoms with Gasteiger partial charge in [0.25, 0.3) is 0 Å². The zero-order chi connectivity index (χ0) is 25.4. The highest BCUT2D eigenvalue weighted by Crippen LogP contribution is 2.45. The zero-order valence-corrected chi connectivity index (χ0v) is 21.7. The zero-order valence-electron chi connectivity index (χ0n) is 21.7. The molecule has 0 saturated heterocycles. The molecular formula is C30H35N7. The van der Waals surface area contributed by atoms with Crippen LogP contribution in [0.5, 0.6) is 0 Å². The Morgan fingerprint density at radius 2 is 1.84 bits per heavy atom. The van der Waals surface area contributed by atoms with E-state index in [0.29, 0.717) is 30.7 Å². The molecule has 0 amide bonds. The lowest BCUT2D eigenvalue weighted by molar-refractivity contribution is 0.419. The van der Waals surface area contributed by atoms with E-state index in [-0.39, 0.29) is 0 Å². The lowest BCUT2D eigenvalue weighted by Gasteiger charge is -2.26. The van der Waals surface area contributed by atoms with Crippen LogP contribution in [0.4, 0.5) is 17.5 Å². The topological polar surface area (TPSA) is 102 Å². The maximum Gasteiger partial charge on any atom is 0.162 e. The standard InChI is InChI=1S/C30H35N7/c1-3-19-14-24(21-7-8-21)27-25(15-19)35-29(37-30(27)33-12-10-31)22-9-11-32-26(16-22)36-28-18(2)13-23(17-34-28)20-5-4-6-20/h9,11,13-17,20-21H,3-8,10,12,31H2,1-2H3,(H,32,34,36)(H,33,35,37). The second-order valence-corrected chi connectivity index (χ2v) is 10.4. The number of anilines is 3. The molecule has 3 heterocycles. The average Bonchev–Trinajstić information content (AvgIpc) is 3.73. The number of nitrogens with two attached hydrogens (primary N) is 1. The lowest BCUT2D eigenvalue weighted by Crippen LogP contribution is -2.15. The number of benzene rings is 1. The summed E-state index contributed by atoms with van der Waals surface area (Å²) in [6.07, 6.45) is 11.1. The van der Waals surface area contributed by atoms with Crippen LogP contribution >= 0.6 is 0 Å². The molecule has 3 aromatic heterocycles. The Morgan fingerprint density at radius 1 is 0.973 bits per heavy atom. The van der Waals surface area contributed by atoms with Crippen molar-refractivity contribution in [1.82, 2.24) is 19.9 Å². The van der Waals surface area contributed by atoms with Crippen LogP contribution in [-0.4, -0.2) is 33.0 Å². The minimum Gasteiger partial charge on any atom is -0.368 e. The molecule has 2 aliphatic carbocycles. The minimum atomic E-state index is 0.543. The van der Waals surface area contributed by atoms with Crippen LogP contribution in [0.2, 0.25) is 0 Å². The Hall–Kier alpha value is -3.58. The van der Waals surface area contributed by atoms with Gasteiger partial charge in [-0.1, -0.05) is 25.5 Å². The summed E-state index contributed by atoms with van der Waals surface area (Å²) in [6, 6.07) is 10.8. The molecule has 0 atom stereocenters. The molecular weight excluding hydrogens is 458 g/mol. The van der Waals surface area contributed by atoms with Crippen molar-refractivity contribution in [1.29, 1.82) is 0 Å². The Morgan fingerprint density at radius 3 is 2.54 bits per heavy atom. The molecule has 1 aromatic carbocycles. The highest BCUT2D eigenvalue weighted by atomic mass is 15.1. The molecule has 0 spiro atoms. The number of hydrogen-bond donors (Lipinski definition) is 3. The van der Waals surface area contributed by atoms with Crippen LogP contribution in [0.15, 0.2) is 42.7 Å². The molecule has 0 unspecified atom stereocenters. The predicted molar refractivity (Wildman–Crippen MR) is 151 cm³/mol. The van der Waals surface area contributed by atoms with Crippen LogP contribution in [0.25, 0.3) is 22.3 Å². The van der Waals surface area contributed by atoms with Crippen molar-refractivity contribution in [2.24, 2.45) is 5.73 Å². The summed E-state index contributed by atoms with van der Waals surface area (Å²) in [4.78, 5) is 19.3. The molecule has 4 N–H and O–H groups in total. The van der Waals surface area contributed by atoms with Gasteiger partial charge in [-0.25, -0.2) is 19.9 Å². The Bertz CT molecular complexity index is 1440. The van der Waals surface area contributed by atoms with Gasteiger partial charge in [0.2, 0.25) is 0 Å². The third kappa shape index (κ3) is 4.88. The summed E-state index contributed by atoms with van der Waals surface area (Å²) in [7, 11) is 0. The fourth-order valence-electron chi connectivity index (χ4n) is 5.18. The van der Waals surface area contributed by atoms with Crippen LogP contribution in [-0.2, 0) is 6.42 Å². The molecule has 2 aliphatic rings. The highest BCUT2D eigenvalue weighted by molar-refractivity contribution is 5.95. The minimum absolute atomic E-state index is 0.543. The maximum atomic E-state index is 5.84. The quantitative estimate of drug-likeness (QED) is 0.254. The van der Waals surface area contributed by atoms with E-state index in [9.17, 15) is 0 Å². The summed E-state index contributed by atoms with van der Waals surface area (Å²) in [5, 5.41) is 8.02. The normalized spacial score (nSPS) is 15.5. The van der Waals surface area contributed by atoms with Gasteiger partial charge in [-0.15, -0.1) is 0 Å².